The van der Waals surface area contributed by atoms with E-state index >= 15 is 0 Å². The van der Waals surface area contributed by atoms with Crippen molar-refractivity contribution in [3.63, 3.8) is 0 Å². The van der Waals surface area contributed by atoms with Crippen molar-refractivity contribution in [1.29, 1.82) is 0 Å². The number of aryl methyl sites for hydroxylation is 1. The summed E-state index contributed by atoms with van der Waals surface area (Å²) in [5.74, 6) is -0.823. The summed E-state index contributed by atoms with van der Waals surface area (Å²) in [6.45, 7) is 6.36. The molecule has 2 atom stereocenters. The Balaban J connectivity index is 2.46. The third kappa shape index (κ3) is 5.86. The number of benzene rings is 1. The Hall–Kier alpha value is -1.39. The van der Waals surface area contributed by atoms with Crippen LogP contribution in [0.4, 0.5) is 0 Å². The van der Waals surface area contributed by atoms with Gasteiger partial charge in [0.25, 0.3) is 0 Å². The second kappa shape index (κ2) is 8.80. The van der Waals surface area contributed by atoms with Gasteiger partial charge < -0.3 is 15.5 Å². The minimum Gasteiger partial charge on any atom is -0.480 e. The normalized spacial score (nSPS) is 14.1. The molecular weight excluding hydrogens is 266 g/mol. The molecule has 0 heterocycles. The lowest BCUT2D eigenvalue weighted by molar-refractivity contribution is -0.140. The van der Waals surface area contributed by atoms with Crippen molar-refractivity contribution in [3.05, 3.63) is 35.4 Å². The van der Waals surface area contributed by atoms with Gasteiger partial charge in [0.2, 0.25) is 0 Å². The summed E-state index contributed by atoms with van der Waals surface area (Å²) in [7, 11) is 0. The highest BCUT2D eigenvalue weighted by molar-refractivity contribution is 5.73. The molecule has 0 amide bonds. The number of carboxylic acid groups (broad SMARTS) is 1. The van der Waals surface area contributed by atoms with Gasteiger partial charge in [0, 0.05) is 0 Å². The topological polar surface area (TPSA) is 69.6 Å². The zero-order chi connectivity index (χ0) is 15.8. The molecule has 0 spiro atoms. The number of hydrogen-bond donors (Lipinski definition) is 3. The van der Waals surface area contributed by atoms with Gasteiger partial charge in [-0.05, 0) is 36.4 Å². The molecule has 2 unspecified atom stereocenters. The quantitative estimate of drug-likeness (QED) is 0.655. The predicted octanol–water partition coefficient (Wildman–Crippen LogP) is 2.76. The van der Waals surface area contributed by atoms with Crippen LogP contribution in [0.15, 0.2) is 24.3 Å². The predicted molar refractivity (Wildman–Crippen MR) is 84.3 cm³/mol. The zero-order valence-electron chi connectivity index (χ0n) is 13.2. The van der Waals surface area contributed by atoms with E-state index < -0.39 is 18.1 Å². The van der Waals surface area contributed by atoms with E-state index in [0.29, 0.717) is 13.0 Å². The molecule has 0 saturated carbocycles. The van der Waals surface area contributed by atoms with E-state index in [-0.39, 0.29) is 5.92 Å². The molecule has 0 aliphatic carbocycles. The fourth-order valence-corrected chi connectivity index (χ4v) is 2.35. The molecule has 118 valence electrons. The number of hydrogen-bond acceptors (Lipinski definition) is 3. The fraction of sp³-hybridized carbons (Fsp3) is 0.588. The molecule has 0 aliphatic heterocycles. The van der Waals surface area contributed by atoms with Gasteiger partial charge in [-0.3, -0.25) is 4.79 Å². The summed E-state index contributed by atoms with van der Waals surface area (Å²) in [6.07, 6.45) is 2.10. The Morgan fingerprint density at radius 1 is 1.24 bits per heavy atom. The van der Waals surface area contributed by atoms with Crippen LogP contribution in [0.3, 0.4) is 0 Å². The van der Waals surface area contributed by atoms with Crippen molar-refractivity contribution in [2.45, 2.75) is 52.2 Å². The van der Waals surface area contributed by atoms with Crippen LogP contribution in [0.25, 0.3) is 0 Å². The van der Waals surface area contributed by atoms with Gasteiger partial charge in [-0.25, -0.2) is 0 Å². The van der Waals surface area contributed by atoms with E-state index in [2.05, 4.69) is 12.2 Å². The number of aliphatic hydroxyl groups excluding tert-OH is 1. The summed E-state index contributed by atoms with van der Waals surface area (Å²) >= 11 is 0. The van der Waals surface area contributed by atoms with Crippen LogP contribution in [0.1, 0.15) is 50.8 Å². The van der Waals surface area contributed by atoms with Crippen LogP contribution in [-0.4, -0.2) is 28.8 Å². The molecular formula is C17H27NO3. The second-order valence-electron chi connectivity index (χ2n) is 5.81. The van der Waals surface area contributed by atoms with E-state index in [1.807, 2.05) is 38.1 Å². The number of rotatable bonds is 9. The van der Waals surface area contributed by atoms with Gasteiger partial charge in [-0.1, -0.05) is 51.5 Å². The van der Waals surface area contributed by atoms with Crippen LogP contribution in [0.2, 0.25) is 0 Å². The summed E-state index contributed by atoms with van der Waals surface area (Å²) < 4.78 is 0. The van der Waals surface area contributed by atoms with Crippen molar-refractivity contribution in [1.82, 2.24) is 5.32 Å². The summed E-state index contributed by atoms with van der Waals surface area (Å²) in [5, 5.41) is 22.2. The maximum absolute atomic E-state index is 11.1. The molecule has 0 radical (unpaired) electrons. The minimum atomic E-state index is -0.844. The molecule has 3 N–H and O–H groups in total. The Morgan fingerprint density at radius 3 is 2.33 bits per heavy atom. The minimum absolute atomic E-state index is 0.0213. The van der Waals surface area contributed by atoms with E-state index in [0.717, 1.165) is 18.4 Å². The standard InChI is InChI=1S/C17H27NO3/c1-4-5-13-6-8-14(9-7-13)15(19)10-11-18-16(12(2)3)17(20)21/h6-9,12,15-16,18-19H,4-5,10-11H2,1-3H3,(H,20,21). The molecule has 1 aromatic carbocycles. The molecule has 0 aromatic heterocycles. The fourth-order valence-electron chi connectivity index (χ4n) is 2.35. The Labute approximate surface area is 127 Å². The molecule has 4 nitrogen and oxygen atoms in total. The maximum Gasteiger partial charge on any atom is 0.320 e. The van der Waals surface area contributed by atoms with Crippen LogP contribution >= 0.6 is 0 Å². The third-order valence-electron chi connectivity index (χ3n) is 3.62. The largest absolute Gasteiger partial charge is 0.480 e. The maximum atomic E-state index is 11.1. The van der Waals surface area contributed by atoms with Crippen molar-refractivity contribution < 1.29 is 15.0 Å². The van der Waals surface area contributed by atoms with E-state index in [1.54, 1.807) is 0 Å². The highest BCUT2D eigenvalue weighted by Crippen LogP contribution is 2.17. The number of carbonyl (C=O) groups is 1. The third-order valence-corrected chi connectivity index (χ3v) is 3.62. The average Bonchev–Trinajstić information content (AvgIpc) is 2.43. The van der Waals surface area contributed by atoms with Gasteiger partial charge in [0.1, 0.15) is 6.04 Å². The first-order valence-corrected chi connectivity index (χ1v) is 7.68. The monoisotopic (exact) mass is 293 g/mol. The van der Waals surface area contributed by atoms with Crippen LogP contribution in [-0.2, 0) is 11.2 Å². The highest BCUT2D eigenvalue weighted by atomic mass is 16.4. The number of nitrogens with one attached hydrogen (secondary N) is 1. The highest BCUT2D eigenvalue weighted by Gasteiger charge is 2.20. The smallest absolute Gasteiger partial charge is 0.320 e. The second-order valence-corrected chi connectivity index (χ2v) is 5.81. The molecule has 21 heavy (non-hydrogen) atoms. The van der Waals surface area contributed by atoms with Crippen LogP contribution in [0.5, 0.6) is 0 Å². The zero-order valence-corrected chi connectivity index (χ0v) is 13.2. The van der Waals surface area contributed by atoms with Gasteiger partial charge >= 0.3 is 5.97 Å². The molecule has 0 fully saturated rings. The number of aliphatic hydroxyl groups is 1. The molecule has 1 rings (SSSR count). The Morgan fingerprint density at radius 2 is 1.86 bits per heavy atom. The average molecular weight is 293 g/mol. The molecule has 0 aliphatic rings. The van der Waals surface area contributed by atoms with Crippen molar-refractivity contribution in [3.8, 4) is 0 Å². The lowest BCUT2D eigenvalue weighted by Gasteiger charge is -2.19. The van der Waals surface area contributed by atoms with Gasteiger partial charge in [0.05, 0.1) is 6.10 Å². The Bertz CT molecular complexity index is 428. The van der Waals surface area contributed by atoms with E-state index in [4.69, 9.17) is 5.11 Å². The van der Waals surface area contributed by atoms with Crippen molar-refractivity contribution >= 4 is 5.97 Å². The first-order valence-electron chi connectivity index (χ1n) is 7.68. The first kappa shape index (κ1) is 17.7. The number of carboxylic acids is 1. The molecule has 0 saturated heterocycles. The Kier molecular flexibility index (Phi) is 7.40. The van der Waals surface area contributed by atoms with Crippen LogP contribution in [0, 0.1) is 5.92 Å². The van der Waals surface area contributed by atoms with Crippen molar-refractivity contribution in [2.75, 3.05) is 6.54 Å². The molecule has 1 aromatic rings. The van der Waals surface area contributed by atoms with E-state index in [9.17, 15) is 9.90 Å². The SMILES string of the molecule is CCCc1ccc(C(O)CCNC(C(=O)O)C(C)C)cc1. The lowest BCUT2D eigenvalue weighted by atomic mass is 10.0. The van der Waals surface area contributed by atoms with E-state index in [1.165, 1.54) is 5.56 Å². The van der Waals surface area contributed by atoms with Crippen LogP contribution < -0.4 is 5.32 Å². The van der Waals surface area contributed by atoms with Gasteiger partial charge in [0.15, 0.2) is 0 Å². The molecule has 0 bridgehead atoms. The number of aliphatic carboxylic acids is 1. The van der Waals surface area contributed by atoms with Gasteiger partial charge in [-0.15, -0.1) is 0 Å². The molecule has 4 heteroatoms. The van der Waals surface area contributed by atoms with Gasteiger partial charge in [-0.2, -0.15) is 0 Å². The first-order chi connectivity index (χ1) is 9.95. The van der Waals surface area contributed by atoms with Crippen molar-refractivity contribution in [2.24, 2.45) is 5.92 Å². The summed E-state index contributed by atoms with van der Waals surface area (Å²) in [6, 6.07) is 7.43. The summed E-state index contributed by atoms with van der Waals surface area (Å²) in [5.41, 5.74) is 2.16. The lowest BCUT2D eigenvalue weighted by Crippen LogP contribution is -2.41. The summed E-state index contributed by atoms with van der Waals surface area (Å²) in [4.78, 5) is 11.1.